The maximum absolute atomic E-state index is 13.7. The number of benzene rings is 2. The zero-order valence-electron chi connectivity index (χ0n) is 16.2. The van der Waals surface area contributed by atoms with Crippen molar-refractivity contribution in [1.29, 1.82) is 0 Å². The van der Waals surface area contributed by atoms with E-state index in [1.165, 1.54) is 18.4 Å². The van der Waals surface area contributed by atoms with Crippen LogP contribution in [0.5, 0.6) is 0 Å². The van der Waals surface area contributed by atoms with Crippen molar-refractivity contribution in [2.75, 3.05) is 0 Å². The van der Waals surface area contributed by atoms with E-state index in [1.807, 2.05) is 32.9 Å². The summed E-state index contributed by atoms with van der Waals surface area (Å²) in [5.41, 5.74) is 2.40. The van der Waals surface area contributed by atoms with Gasteiger partial charge in [0.2, 0.25) is 0 Å². The Kier molecular flexibility index (Phi) is 6.51. The van der Waals surface area contributed by atoms with Crippen LogP contribution in [0.15, 0.2) is 53.3 Å². The van der Waals surface area contributed by atoms with E-state index in [2.05, 4.69) is 9.88 Å². The fraction of sp³-hybridized carbons (Fsp3) is 0.286. The molecule has 4 nitrogen and oxygen atoms in total. The normalized spacial score (nSPS) is 14.0. The molecule has 0 saturated carbocycles. The minimum atomic E-state index is -1.44. The van der Waals surface area contributed by atoms with E-state index in [0.717, 1.165) is 11.6 Å². The lowest BCUT2D eigenvalue weighted by atomic mass is 9.98. The number of hydrogen-bond donors (Lipinski definition) is 1. The molecule has 2 aromatic carbocycles. The van der Waals surface area contributed by atoms with Gasteiger partial charge in [0.05, 0.1) is 21.8 Å². The number of halogens is 3. The number of rotatable bonds is 6. The van der Waals surface area contributed by atoms with Crippen molar-refractivity contribution in [1.82, 2.24) is 9.88 Å². The van der Waals surface area contributed by atoms with Crippen LogP contribution >= 0.6 is 11.6 Å². The molecule has 0 aliphatic carbocycles. The molecule has 0 amide bonds. The lowest BCUT2D eigenvalue weighted by Crippen LogP contribution is -2.36. The van der Waals surface area contributed by atoms with Gasteiger partial charge in [-0.25, -0.2) is 17.7 Å². The number of nitrogens with zero attached hydrogens (tertiary/aromatic N) is 1. The second-order valence-electron chi connectivity index (χ2n) is 7.65. The maximum atomic E-state index is 13.7. The molecule has 1 unspecified atom stereocenters. The van der Waals surface area contributed by atoms with Crippen LogP contribution in [-0.2, 0) is 17.4 Å². The summed E-state index contributed by atoms with van der Waals surface area (Å²) in [4.78, 5) is 0. The van der Waals surface area contributed by atoms with Gasteiger partial charge in [0, 0.05) is 16.7 Å². The van der Waals surface area contributed by atoms with Gasteiger partial charge in [-0.3, -0.25) is 0 Å². The molecule has 8 heteroatoms. The summed E-state index contributed by atoms with van der Waals surface area (Å²) in [5, 5.41) is 4.69. The first-order valence-corrected chi connectivity index (χ1v) is 10.5. The van der Waals surface area contributed by atoms with E-state index in [4.69, 9.17) is 16.1 Å². The van der Waals surface area contributed by atoms with Gasteiger partial charge in [0.15, 0.2) is 0 Å². The van der Waals surface area contributed by atoms with Gasteiger partial charge in [-0.2, -0.15) is 0 Å². The van der Waals surface area contributed by atoms with E-state index in [0.29, 0.717) is 21.8 Å². The Morgan fingerprint density at radius 2 is 1.76 bits per heavy atom. The first-order chi connectivity index (χ1) is 13.6. The SMILES string of the molecule is CC(C)(C)S(=O)N[C@H](Cc1cc(F)cc(F)c1)c1nocc1-c1ccc(Cl)cc1. The van der Waals surface area contributed by atoms with E-state index in [-0.39, 0.29) is 6.42 Å². The summed E-state index contributed by atoms with van der Waals surface area (Å²) >= 11 is 5.97. The zero-order valence-corrected chi connectivity index (χ0v) is 17.8. The van der Waals surface area contributed by atoms with Crippen LogP contribution in [0.25, 0.3) is 11.1 Å². The molecule has 0 fully saturated rings. The quantitative estimate of drug-likeness (QED) is 0.544. The molecule has 0 spiro atoms. The lowest BCUT2D eigenvalue weighted by molar-refractivity contribution is 0.402. The van der Waals surface area contributed by atoms with Crippen LogP contribution in [0.1, 0.15) is 38.1 Å². The third kappa shape index (κ3) is 5.50. The molecule has 0 radical (unpaired) electrons. The smallest absolute Gasteiger partial charge is 0.131 e. The highest BCUT2D eigenvalue weighted by Crippen LogP contribution is 2.31. The van der Waals surface area contributed by atoms with Gasteiger partial charge in [-0.1, -0.05) is 28.9 Å². The van der Waals surface area contributed by atoms with Crippen LogP contribution < -0.4 is 4.72 Å². The van der Waals surface area contributed by atoms with E-state index < -0.39 is 33.4 Å². The van der Waals surface area contributed by atoms with Crippen molar-refractivity contribution < 1.29 is 17.5 Å². The molecular formula is C21H21ClF2N2O2S. The highest BCUT2D eigenvalue weighted by molar-refractivity contribution is 7.84. The van der Waals surface area contributed by atoms with E-state index in [9.17, 15) is 13.0 Å². The third-order valence-electron chi connectivity index (χ3n) is 4.25. The molecule has 2 atom stereocenters. The summed E-state index contributed by atoms with van der Waals surface area (Å²) in [6, 6.07) is 9.83. The average molecular weight is 439 g/mol. The van der Waals surface area contributed by atoms with Gasteiger partial charge < -0.3 is 4.52 Å². The molecule has 0 aliphatic rings. The number of aromatic nitrogens is 1. The molecule has 29 heavy (non-hydrogen) atoms. The second-order valence-corrected chi connectivity index (χ2v) is 10.1. The predicted molar refractivity (Wildman–Crippen MR) is 111 cm³/mol. The molecular weight excluding hydrogens is 418 g/mol. The van der Waals surface area contributed by atoms with Crippen molar-refractivity contribution >= 4 is 22.6 Å². The molecule has 1 N–H and O–H groups in total. The predicted octanol–water partition coefficient (Wildman–Crippen LogP) is 5.61. The monoisotopic (exact) mass is 438 g/mol. The molecule has 3 rings (SSSR count). The van der Waals surface area contributed by atoms with E-state index in [1.54, 1.807) is 12.1 Å². The second kappa shape index (κ2) is 8.73. The summed E-state index contributed by atoms with van der Waals surface area (Å²) < 4.78 is 47.8. The fourth-order valence-corrected chi connectivity index (χ4v) is 3.74. The standard InChI is InChI=1S/C21H21ClF2N2O2S/c1-21(2,3)29(27)26-19(10-13-8-16(23)11-17(24)9-13)20-18(12-28-25-20)14-4-6-15(22)7-5-14/h4-9,11-12,19,26H,10H2,1-3H3/t19-,29?/m1/s1. The third-order valence-corrected chi connectivity index (χ3v) is 6.11. The molecule has 0 bridgehead atoms. The Morgan fingerprint density at radius 3 is 2.34 bits per heavy atom. The van der Waals surface area contributed by atoms with Gasteiger partial charge in [0.1, 0.15) is 23.6 Å². The summed E-state index contributed by atoms with van der Waals surface area (Å²) in [5.74, 6) is -1.34. The van der Waals surface area contributed by atoms with E-state index >= 15 is 0 Å². The Bertz CT molecular complexity index is 996. The Hall–Kier alpha value is -2.09. The molecule has 1 heterocycles. The van der Waals surface area contributed by atoms with Crippen LogP contribution in [0.4, 0.5) is 8.78 Å². The Labute approximate surface area is 175 Å². The Morgan fingerprint density at radius 1 is 1.14 bits per heavy atom. The fourth-order valence-electron chi connectivity index (χ4n) is 2.81. The maximum Gasteiger partial charge on any atom is 0.131 e. The topological polar surface area (TPSA) is 55.1 Å². The number of hydrogen-bond acceptors (Lipinski definition) is 3. The van der Waals surface area contributed by atoms with Crippen LogP contribution in [-0.4, -0.2) is 14.1 Å². The van der Waals surface area contributed by atoms with Gasteiger partial charge in [-0.15, -0.1) is 0 Å². The highest BCUT2D eigenvalue weighted by atomic mass is 35.5. The van der Waals surface area contributed by atoms with Crippen molar-refractivity contribution in [2.45, 2.75) is 38.0 Å². The van der Waals surface area contributed by atoms with Crippen molar-refractivity contribution in [2.24, 2.45) is 0 Å². The summed E-state index contributed by atoms with van der Waals surface area (Å²) in [6.45, 7) is 5.49. The molecule has 3 aromatic rings. The lowest BCUT2D eigenvalue weighted by Gasteiger charge is -2.24. The largest absolute Gasteiger partial charge is 0.364 e. The average Bonchev–Trinajstić information content (AvgIpc) is 3.09. The summed E-state index contributed by atoms with van der Waals surface area (Å²) in [6.07, 6.45) is 1.66. The molecule has 0 aliphatic heterocycles. The first kappa shape index (κ1) is 21.6. The molecule has 0 saturated heterocycles. The minimum absolute atomic E-state index is 0.170. The molecule has 154 valence electrons. The van der Waals surface area contributed by atoms with Gasteiger partial charge in [0.25, 0.3) is 0 Å². The van der Waals surface area contributed by atoms with Crippen LogP contribution in [0.2, 0.25) is 5.02 Å². The van der Waals surface area contributed by atoms with Gasteiger partial charge >= 0.3 is 0 Å². The zero-order chi connectivity index (χ0) is 21.2. The summed E-state index contributed by atoms with van der Waals surface area (Å²) in [7, 11) is -1.44. The van der Waals surface area contributed by atoms with Crippen molar-refractivity contribution in [3.63, 3.8) is 0 Å². The van der Waals surface area contributed by atoms with Crippen molar-refractivity contribution in [3.05, 3.63) is 76.6 Å². The molecule has 1 aromatic heterocycles. The minimum Gasteiger partial charge on any atom is -0.364 e. The Balaban J connectivity index is 2.00. The first-order valence-electron chi connectivity index (χ1n) is 8.96. The van der Waals surface area contributed by atoms with Crippen LogP contribution in [0.3, 0.4) is 0 Å². The van der Waals surface area contributed by atoms with Gasteiger partial charge in [-0.05, 0) is 62.6 Å². The van der Waals surface area contributed by atoms with Crippen LogP contribution in [0, 0.1) is 11.6 Å². The number of nitrogens with one attached hydrogen (secondary N) is 1. The van der Waals surface area contributed by atoms with Crippen molar-refractivity contribution in [3.8, 4) is 11.1 Å². The highest BCUT2D eigenvalue weighted by Gasteiger charge is 2.28.